The Morgan fingerprint density at radius 1 is 0.615 bits per heavy atom. The Bertz CT molecular complexity index is 451. The summed E-state index contributed by atoms with van der Waals surface area (Å²) in [5, 5.41) is 6.64. The normalized spacial score (nSPS) is 38.4. The third-order valence-electron chi connectivity index (χ3n) is 7.26. The molecule has 4 nitrogen and oxygen atoms in total. The summed E-state index contributed by atoms with van der Waals surface area (Å²) in [6.07, 6.45) is 13.5. The summed E-state index contributed by atoms with van der Waals surface area (Å²) in [5.41, 5.74) is 0. The van der Waals surface area contributed by atoms with E-state index in [0.717, 1.165) is 38.5 Å². The zero-order valence-electron chi connectivity index (χ0n) is 16.8. The fourth-order valence-corrected chi connectivity index (χ4v) is 5.48. The van der Waals surface area contributed by atoms with Gasteiger partial charge < -0.3 is 10.6 Å². The van der Waals surface area contributed by atoms with Gasteiger partial charge in [-0.05, 0) is 63.2 Å². The van der Waals surface area contributed by atoms with Crippen LogP contribution in [0.5, 0.6) is 0 Å². The average molecular weight is 363 g/mol. The summed E-state index contributed by atoms with van der Waals surface area (Å²) >= 11 is 0. The van der Waals surface area contributed by atoms with E-state index in [2.05, 4.69) is 24.5 Å². The molecule has 3 aliphatic carbocycles. The molecule has 3 aliphatic rings. The van der Waals surface area contributed by atoms with Gasteiger partial charge in [0.05, 0.1) is 0 Å². The Labute approximate surface area is 159 Å². The molecule has 6 unspecified atom stereocenters. The number of amides is 2. The molecule has 26 heavy (non-hydrogen) atoms. The van der Waals surface area contributed by atoms with Gasteiger partial charge in [-0.25, -0.2) is 0 Å². The molecule has 0 saturated heterocycles. The molecule has 0 radical (unpaired) electrons. The first kappa shape index (κ1) is 19.7. The van der Waals surface area contributed by atoms with Crippen molar-refractivity contribution in [3.8, 4) is 0 Å². The van der Waals surface area contributed by atoms with Crippen molar-refractivity contribution in [2.45, 2.75) is 103 Å². The fourth-order valence-electron chi connectivity index (χ4n) is 5.48. The lowest BCUT2D eigenvalue weighted by atomic mass is 9.79. The maximum atomic E-state index is 12.7. The van der Waals surface area contributed by atoms with Gasteiger partial charge in [0.25, 0.3) is 0 Å². The lowest BCUT2D eigenvalue weighted by Crippen LogP contribution is -2.49. The minimum absolute atomic E-state index is 0.196. The third kappa shape index (κ3) is 5.01. The molecular weight excluding hydrogens is 324 g/mol. The molecule has 6 atom stereocenters. The minimum Gasteiger partial charge on any atom is -0.353 e. The Hall–Kier alpha value is -1.06. The predicted molar refractivity (Wildman–Crippen MR) is 105 cm³/mol. The van der Waals surface area contributed by atoms with Gasteiger partial charge in [-0.1, -0.05) is 39.5 Å². The maximum Gasteiger partial charge on any atom is 0.223 e. The summed E-state index contributed by atoms with van der Waals surface area (Å²) in [6, 6.07) is 0.471. The van der Waals surface area contributed by atoms with Crippen LogP contribution < -0.4 is 10.6 Å². The van der Waals surface area contributed by atoms with Gasteiger partial charge in [-0.3, -0.25) is 9.59 Å². The largest absolute Gasteiger partial charge is 0.353 e. The van der Waals surface area contributed by atoms with Crippen LogP contribution in [0.2, 0.25) is 0 Å². The first-order chi connectivity index (χ1) is 12.5. The van der Waals surface area contributed by atoms with Gasteiger partial charge in [-0.2, -0.15) is 0 Å². The van der Waals surface area contributed by atoms with Crippen molar-refractivity contribution in [3.63, 3.8) is 0 Å². The zero-order chi connectivity index (χ0) is 18.5. The number of carbonyl (C=O) groups is 2. The summed E-state index contributed by atoms with van der Waals surface area (Å²) in [6.45, 7) is 4.44. The molecule has 0 aliphatic heterocycles. The highest BCUT2D eigenvalue weighted by Gasteiger charge is 2.33. The molecule has 2 amide bonds. The van der Waals surface area contributed by atoms with E-state index in [4.69, 9.17) is 0 Å². The minimum atomic E-state index is 0.196. The van der Waals surface area contributed by atoms with Crippen LogP contribution in [0.15, 0.2) is 0 Å². The van der Waals surface area contributed by atoms with Gasteiger partial charge in [-0.15, -0.1) is 0 Å². The van der Waals surface area contributed by atoms with E-state index in [1.165, 1.54) is 38.5 Å². The van der Waals surface area contributed by atoms with E-state index >= 15 is 0 Å². The van der Waals surface area contributed by atoms with Gasteiger partial charge in [0, 0.05) is 23.9 Å². The van der Waals surface area contributed by atoms with E-state index in [0.29, 0.717) is 11.8 Å². The van der Waals surface area contributed by atoms with Crippen molar-refractivity contribution in [1.29, 1.82) is 0 Å². The van der Waals surface area contributed by atoms with E-state index in [9.17, 15) is 9.59 Å². The predicted octanol–water partition coefficient (Wildman–Crippen LogP) is 4.18. The molecule has 4 heteroatoms. The van der Waals surface area contributed by atoms with Gasteiger partial charge in [0.2, 0.25) is 11.8 Å². The smallest absolute Gasteiger partial charge is 0.223 e. The van der Waals surface area contributed by atoms with Crippen molar-refractivity contribution in [2.24, 2.45) is 23.7 Å². The highest BCUT2D eigenvalue weighted by Crippen LogP contribution is 2.31. The molecule has 0 bridgehead atoms. The molecule has 148 valence electrons. The first-order valence-electron chi connectivity index (χ1n) is 11.2. The first-order valence-corrected chi connectivity index (χ1v) is 11.2. The Balaban J connectivity index is 1.47. The van der Waals surface area contributed by atoms with Gasteiger partial charge in [0.1, 0.15) is 0 Å². The summed E-state index contributed by atoms with van der Waals surface area (Å²) in [7, 11) is 0. The Kier molecular flexibility index (Phi) is 6.99. The van der Waals surface area contributed by atoms with E-state index in [-0.39, 0.29) is 35.7 Å². The highest BCUT2D eigenvalue weighted by atomic mass is 16.2. The second-order valence-electron chi connectivity index (χ2n) is 9.31. The molecule has 0 aromatic carbocycles. The van der Waals surface area contributed by atoms with Crippen molar-refractivity contribution in [2.75, 3.05) is 0 Å². The van der Waals surface area contributed by atoms with Gasteiger partial charge >= 0.3 is 0 Å². The second-order valence-corrected chi connectivity index (χ2v) is 9.31. The molecule has 0 aromatic rings. The quantitative estimate of drug-likeness (QED) is 0.788. The lowest BCUT2D eigenvalue weighted by Gasteiger charge is -2.35. The molecule has 2 N–H and O–H groups in total. The van der Waals surface area contributed by atoms with Crippen molar-refractivity contribution in [3.05, 3.63) is 0 Å². The van der Waals surface area contributed by atoms with Crippen molar-refractivity contribution in [1.82, 2.24) is 10.6 Å². The van der Waals surface area contributed by atoms with E-state index < -0.39 is 0 Å². The second kappa shape index (κ2) is 9.23. The molecule has 3 fully saturated rings. The molecule has 3 rings (SSSR count). The monoisotopic (exact) mass is 362 g/mol. The summed E-state index contributed by atoms with van der Waals surface area (Å²) < 4.78 is 0. The van der Waals surface area contributed by atoms with Crippen molar-refractivity contribution < 1.29 is 9.59 Å². The van der Waals surface area contributed by atoms with Crippen LogP contribution in [0.1, 0.15) is 90.9 Å². The summed E-state index contributed by atoms with van der Waals surface area (Å²) in [5.74, 6) is 1.93. The fraction of sp³-hybridized carbons (Fsp3) is 0.909. The van der Waals surface area contributed by atoms with Crippen LogP contribution in [0, 0.1) is 23.7 Å². The lowest BCUT2D eigenvalue weighted by molar-refractivity contribution is -0.128. The number of nitrogens with one attached hydrogen (secondary N) is 2. The highest BCUT2D eigenvalue weighted by molar-refractivity contribution is 5.80. The average Bonchev–Trinajstić information content (AvgIpc) is 2.62. The van der Waals surface area contributed by atoms with Crippen LogP contribution in [0.3, 0.4) is 0 Å². The van der Waals surface area contributed by atoms with E-state index in [1.54, 1.807) is 0 Å². The van der Waals surface area contributed by atoms with Crippen molar-refractivity contribution >= 4 is 11.8 Å². The number of carbonyl (C=O) groups excluding carboxylic acids is 2. The Morgan fingerprint density at radius 2 is 1.04 bits per heavy atom. The maximum absolute atomic E-state index is 12.7. The van der Waals surface area contributed by atoms with Crippen LogP contribution >= 0.6 is 0 Å². The number of hydrogen-bond donors (Lipinski definition) is 2. The summed E-state index contributed by atoms with van der Waals surface area (Å²) in [4.78, 5) is 25.4. The van der Waals surface area contributed by atoms with Crippen LogP contribution in [0.25, 0.3) is 0 Å². The number of rotatable bonds is 4. The third-order valence-corrected chi connectivity index (χ3v) is 7.26. The molecule has 0 aromatic heterocycles. The van der Waals surface area contributed by atoms with E-state index in [1.807, 2.05) is 0 Å². The zero-order valence-corrected chi connectivity index (χ0v) is 16.8. The molecular formula is C22H38N2O2. The van der Waals surface area contributed by atoms with Crippen LogP contribution in [-0.4, -0.2) is 23.9 Å². The van der Waals surface area contributed by atoms with Gasteiger partial charge in [0.15, 0.2) is 0 Å². The van der Waals surface area contributed by atoms with Crippen LogP contribution in [0.4, 0.5) is 0 Å². The topological polar surface area (TPSA) is 58.2 Å². The standard InChI is InChI=1S/C22H38N2O2/c1-15-8-3-5-12-19(15)21(25)23-17-10-7-11-18(14-17)24-22(26)20-13-6-4-9-16(20)2/h15-20H,3-14H2,1-2H3,(H,23,25)(H,24,26). The van der Waals surface area contributed by atoms with Crippen LogP contribution in [-0.2, 0) is 9.59 Å². The number of hydrogen-bond acceptors (Lipinski definition) is 2. The SMILES string of the molecule is CC1CCCCC1C(=O)NC1CCCC(NC(=O)C2CCCCC2C)C1. The molecule has 3 saturated carbocycles. The molecule has 0 spiro atoms. The Morgan fingerprint density at radius 3 is 1.46 bits per heavy atom. The molecule has 0 heterocycles.